The van der Waals surface area contributed by atoms with Gasteiger partial charge in [-0.2, -0.15) is 0 Å². The van der Waals surface area contributed by atoms with Crippen molar-refractivity contribution in [1.82, 2.24) is 4.98 Å². The molecule has 2 N–H and O–H groups in total. The van der Waals surface area contributed by atoms with Gasteiger partial charge >= 0.3 is 5.97 Å². The second kappa shape index (κ2) is 8.30. The third-order valence-corrected chi connectivity index (χ3v) is 3.72. The molecule has 1 aromatic heterocycles. The van der Waals surface area contributed by atoms with E-state index in [1.807, 2.05) is 6.92 Å². The van der Waals surface area contributed by atoms with Gasteiger partial charge in [0.25, 0.3) is 0 Å². The van der Waals surface area contributed by atoms with Crippen LogP contribution >= 0.6 is 11.6 Å². The van der Waals surface area contributed by atoms with Crippen molar-refractivity contribution in [1.29, 1.82) is 0 Å². The zero-order valence-corrected chi connectivity index (χ0v) is 13.9. The fourth-order valence-electron chi connectivity index (χ4n) is 1.77. The van der Waals surface area contributed by atoms with Gasteiger partial charge < -0.3 is 15.2 Å². The topological polar surface area (TPSA) is 106 Å². The highest BCUT2D eigenvalue weighted by atomic mass is 35.5. The molecule has 1 heterocycles. The fourth-order valence-corrected chi connectivity index (χ4v) is 2.77. The molecule has 0 aliphatic carbocycles. The SMILES string of the molecule is CC[C@@H](COCC(=O)O)Nc1cc(CS(C)(=O)=O)cc(Cl)n1. The Labute approximate surface area is 134 Å². The van der Waals surface area contributed by atoms with Crippen molar-refractivity contribution < 1.29 is 23.1 Å². The maximum atomic E-state index is 11.3. The van der Waals surface area contributed by atoms with Gasteiger partial charge in [-0.25, -0.2) is 18.2 Å². The van der Waals surface area contributed by atoms with Crippen LogP contribution in [0.5, 0.6) is 0 Å². The summed E-state index contributed by atoms with van der Waals surface area (Å²) in [5, 5.41) is 11.8. The number of hydrogen-bond donors (Lipinski definition) is 2. The summed E-state index contributed by atoms with van der Waals surface area (Å²) in [6.45, 7) is 1.72. The number of hydrogen-bond acceptors (Lipinski definition) is 6. The van der Waals surface area contributed by atoms with Crippen LogP contribution in [0.2, 0.25) is 5.15 Å². The van der Waals surface area contributed by atoms with Gasteiger partial charge in [0, 0.05) is 6.26 Å². The standard InChI is InChI=1S/C13H19ClN2O5S/c1-3-10(6-21-7-13(17)18)15-12-5-9(4-11(14)16-12)8-22(2,19)20/h4-5,10H,3,6-8H2,1-2H3,(H,15,16)(H,17,18)/t10-/m0/s1. The van der Waals surface area contributed by atoms with E-state index in [0.717, 1.165) is 6.26 Å². The smallest absolute Gasteiger partial charge is 0.329 e. The first-order valence-corrected chi connectivity index (χ1v) is 9.03. The van der Waals surface area contributed by atoms with E-state index >= 15 is 0 Å². The van der Waals surface area contributed by atoms with Crippen LogP contribution in [0.3, 0.4) is 0 Å². The lowest BCUT2D eigenvalue weighted by Gasteiger charge is -2.18. The fraction of sp³-hybridized carbons (Fsp3) is 0.538. The quantitative estimate of drug-likeness (QED) is 0.651. The molecule has 1 atom stereocenters. The van der Waals surface area contributed by atoms with Crippen molar-refractivity contribution in [3.05, 3.63) is 22.8 Å². The molecule has 9 heteroatoms. The van der Waals surface area contributed by atoms with Crippen LogP contribution < -0.4 is 5.32 Å². The van der Waals surface area contributed by atoms with Crippen LogP contribution in [0, 0.1) is 0 Å². The molecule has 1 aromatic rings. The number of carboxylic acids is 1. The van der Waals surface area contributed by atoms with E-state index in [9.17, 15) is 13.2 Å². The molecule has 0 saturated carbocycles. The van der Waals surface area contributed by atoms with Gasteiger partial charge in [0.15, 0.2) is 9.84 Å². The molecule has 0 saturated heterocycles. The van der Waals surface area contributed by atoms with E-state index < -0.39 is 15.8 Å². The Hall–Kier alpha value is -1.38. The van der Waals surface area contributed by atoms with Gasteiger partial charge in [-0.1, -0.05) is 18.5 Å². The maximum absolute atomic E-state index is 11.3. The lowest BCUT2D eigenvalue weighted by molar-refractivity contribution is -0.142. The van der Waals surface area contributed by atoms with E-state index in [1.165, 1.54) is 6.07 Å². The molecular weight excluding hydrogens is 332 g/mol. The first kappa shape index (κ1) is 18.7. The van der Waals surface area contributed by atoms with Crippen LogP contribution in [-0.2, 0) is 25.1 Å². The number of carbonyl (C=O) groups is 1. The molecule has 0 aliphatic heterocycles. The van der Waals surface area contributed by atoms with Crippen molar-refractivity contribution in [3.8, 4) is 0 Å². The van der Waals surface area contributed by atoms with Crippen molar-refractivity contribution >= 4 is 33.2 Å². The second-order valence-electron chi connectivity index (χ2n) is 4.91. The molecule has 7 nitrogen and oxygen atoms in total. The van der Waals surface area contributed by atoms with E-state index in [0.29, 0.717) is 17.8 Å². The number of rotatable bonds is 9. The van der Waals surface area contributed by atoms with Crippen LogP contribution in [-0.4, -0.2) is 50.0 Å². The number of anilines is 1. The Morgan fingerprint density at radius 3 is 2.73 bits per heavy atom. The molecule has 0 fully saturated rings. The average Bonchev–Trinajstić information content (AvgIpc) is 2.34. The summed E-state index contributed by atoms with van der Waals surface area (Å²) in [7, 11) is -3.17. The lowest BCUT2D eigenvalue weighted by Crippen LogP contribution is -2.26. The van der Waals surface area contributed by atoms with Gasteiger partial charge in [0.2, 0.25) is 0 Å². The number of sulfone groups is 1. The molecule has 0 amide bonds. The van der Waals surface area contributed by atoms with Gasteiger partial charge in [-0.05, 0) is 24.1 Å². The van der Waals surface area contributed by atoms with E-state index in [1.54, 1.807) is 6.07 Å². The average molecular weight is 351 g/mol. The van der Waals surface area contributed by atoms with Crippen molar-refractivity contribution in [2.45, 2.75) is 25.1 Å². The normalized spacial score (nSPS) is 12.9. The van der Waals surface area contributed by atoms with Gasteiger partial charge in [0.05, 0.1) is 18.4 Å². The van der Waals surface area contributed by atoms with Crippen LogP contribution in [0.1, 0.15) is 18.9 Å². The largest absolute Gasteiger partial charge is 0.480 e. The monoisotopic (exact) mass is 350 g/mol. The third-order valence-electron chi connectivity index (χ3n) is 2.67. The predicted molar refractivity (Wildman–Crippen MR) is 84.0 cm³/mol. The number of aliphatic carboxylic acids is 1. The highest BCUT2D eigenvalue weighted by Gasteiger charge is 2.12. The summed E-state index contributed by atoms with van der Waals surface area (Å²) in [6, 6.07) is 2.94. The Balaban J connectivity index is 2.76. The number of halogens is 1. The van der Waals surface area contributed by atoms with Crippen LogP contribution in [0.15, 0.2) is 12.1 Å². The summed E-state index contributed by atoms with van der Waals surface area (Å²) in [6.07, 6.45) is 1.82. The van der Waals surface area contributed by atoms with E-state index in [-0.39, 0.29) is 30.2 Å². The molecule has 124 valence electrons. The number of nitrogens with one attached hydrogen (secondary N) is 1. The summed E-state index contributed by atoms with van der Waals surface area (Å²) < 4.78 is 27.7. The Kier molecular flexibility index (Phi) is 7.05. The zero-order chi connectivity index (χ0) is 16.8. The first-order valence-electron chi connectivity index (χ1n) is 6.60. The molecular formula is C13H19ClN2O5S. The lowest BCUT2D eigenvalue weighted by atomic mass is 10.2. The molecule has 0 aromatic carbocycles. The summed E-state index contributed by atoms with van der Waals surface area (Å²) >= 11 is 5.90. The van der Waals surface area contributed by atoms with Gasteiger partial charge in [-0.3, -0.25) is 0 Å². The molecule has 22 heavy (non-hydrogen) atoms. The van der Waals surface area contributed by atoms with Crippen molar-refractivity contribution in [2.75, 3.05) is 24.8 Å². The minimum atomic E-state index is -3.17. The van der Waals surface area contributed by atoms with E-state index in [2.05, 4.69) is 10.3 Å². The number of pyridine rings is 1. The number of carboxylic acid groups (broad SMARTS) is 1. The molecule has 0 unspecified atom stereocenters. The minimum absolute atomic E-state index is 0.129. The van der Waals surface area contributed by atoms with Crippen LogP contribution in [0.4, 0.5) is 5.82 Å². The number of aromatic nitrogens is 1. The molecule has 0 radical (unpaired) electrons. The molecule has 0 bridgehead atoms. The van der Waals surface area contributed by atoms with Crippen LogP contribution in [0.25, 0.3) is 0 Å². The van der Waals surface area contributed by atoms with E-state index in [4.69, 9.17) is 21.4 Å². The van der Waals surface area contributed by atoms with Crippen molar-refractivity contribution in [3.63, 3.8) is 0 Å². The summed E-state index contributed by atoms with van der Waals surface area (Å²) in [5.74, 6) is -0.737. The van der Waals surface area contributed by atoms with Gasteiger partial charge in [0.1, 0.15) is 17.6 Å². The summed E-state index contributed by atoms with van der Waals surface area (Å²) in [5.41, 5.74) is 0.534. The minimum Gasteiger partial charge on any atom is -0.480 e. The highest BCUT2D eigenvalue weighted by Crippen LogP contribution is 2.17. The zero-order valence-electron chi connectivity index (χ0n) is 12.4. The summed E-state index contributed by atoms with van der Waals surface area (Å²) in [4.78, 5) is 14.5. The Morgan fingerprint density at radius 2 is 2.18 bits per heavy atom. The maximum Gasteiger partial charge on any atom is 0.329 e. The molecule has 1 rings (SSSR count). The Bertz CT molecular complexity index is 621. The number of ether oxygens (including phenoxy) is 1. The Morgan fingerprint density at radius 1 is 1.50 bits per heavy atom. The number of nitrogens with zero attached hydrogens (tertiary/aromatic N) is 1. The predicted octanol–water partition coefficient (Wildman–Crippen LogP) is 1.57. The van der Waals surface area contributed by atoms with Crippen molar-refractivity contribution in [2.24, 2.45) is 0 Å². The third kappa shape index (κ3) is 7.58. The van der Waals surface area contributed by atoms with Gasteiger partial charge in [-0.15, -0.1) is 0 Å². The molecule has 0 spiro atoms. The highest BCUT2D eigenvalue weighted by molar-refractivity contribution is 7.89. The second-order valence-corrected chi connectivity index (χ2v) is 7.44. The first-order chi connectivity index (χ1) is 10.2. The molecule has 0 aliphatic rings.